The molecule has 0 atom stereocenters. The third-order valence-electron chi connectivity index (χ3n) is 3.28. The number of para-hydroxylation sites is 1. The van der Waals surface area contributed by atoms with Gasteiger partial charge in [0, 0.05) is 6.54 Å². The lowest BCUT2D eigenvalue weighted by molar-refractivity contribution is -0.119. The molecule has 0 heterocycles. The molecule has 0 aliphatic heterocycles. The van der Waals surface area contributed by atoms with Crippen molar-refractivity contribution in [1.29, 1.82) is 0 Å². The van der Waals surface area contributed by atoms with E-state index in [0.29, 0.717) is 13.0 Å². The Morgan fingerprint density at radius 3 is 2.35 bits per heavy atom. The number of amides is 1. The second kappa shape index (κ2) is 8.12. The number of nitrogens with one attached hydrogen (secondary N) is 2. The van der Waals surface area contributed by atoms with Gasteiger partial charge in [-0.2, -0.15) is 0 Å². The summed E-state index contributed by atoms with van der Waals surface area (Å²) in [5.74, 6) is -1.01. The lowest BCUT2D eigenvalue weighted by atomic mass is 10.1. The van der Waals surface area contributed by atoms with Crippen LogP contribution in [0.15, 0.2) is 42.5 Å². The van der Waals surface area contributed by atoms with E-state index in [1.807, 2.05) is 24.3 Å². The quantitative estimate of drug-likeness (QED) is 0.825. The Bertz CT molecular complexity index is 640. The van der Waals surface area contributed by atoms with Gasteiger partial charge in [0.2, 0.25) is 5.91 Å². The van der Waals surface area contributed by atoms with Crippen LogP contribution in [0.3, 0.4) is 0 Å². The molecule has 4 nitrogen and oxygen atoms in total. The summed E-state index contributed by atoms with van der Waals surface area (Å²) < 4.78 is 31.8. The van der Waals surface area contributed by atoms with E-state index in [1.54, 1.807) is 7.11 Å². The molecule has 6 heteroatoms. The fraction of sp³-hybridized carbons (Fsp3) is 0.235. The average Bonchev–Trinajstić information content (AvgIpc) is 2.55. The van der Waals surface area contributed by atoms with Crippen molar-refractivity contribution in [2.75, 3.05) is 25.5 Å². The van der Waals surface area contributed by atoms with Crippen molar-refractivity contribution in [1.82, 2.24) is 5.32 Å². The highest BCUT2D eigenvalue weighted by Crippen LogP contribution is 2.17. The summed E-state index contributed by atoms with van der Waals surface area (Å²) in [6.45, 7) is 0.243. The number of rotatable bonds is 7. The van der Waals surface area contributed by atoms with Crippen LogP contribution in [0.4, 0.5) is 14.5 Å². The highest BCUT2D eigenvalue weighted by Gasteiger charge is 2.09. The first-order valence-corrected chi connectivity index (χ1v) is 7.17. The minimum atomic E-state index is -0.726. The molecule has 0 radical (unpaired) electrons. The maximum Gasteiger partial charge on any atom is 0.239 e. The van der Waals surface area contributed by atoms with Crippen LogP contribution >= 0.6 is 0 Å². The van der Waals surface area contributed by atoms with Crippen LogP contribution in [-0.2, 0) is 11.2 Å². The van der Waals surface area contributed by atoms with Crippen LogP contribution in [0.2, 0.25) is 0 Å². The zero-order valence-electron chi connectivity index (χ0n) is 12.7. The minimum Gasteiger partial charge on any atom is -0.497 e. The Morgan fingerprint density at radius 1 is 1.09 bits per heavy atom. The number of carbonyl (C=O) groups is 1. The third-order valence-corrected chi connectivity index (χ3v) is 3.28. The van der Waals surface area contributed by atoms with Gasteiger partial charge in [-0.25, -0.2) is 8.78 Å². The molecule has 2 rings (SSSR count). The van der Waals surface area contributed by atoms with Gasteiger partial charge in [-0.15, -0.1) is 0 Å². The standard InChI is InChI=1S/C17H18F2N2O2/c1-23-13-7-5-12(6-8-13)9-10-20-16(22)11-21-17-14(18)3-2-4-15(17)19/h2-8,21H,9-11H2,1H3,(H,20,22). The first kappa shape index (κ1) is 16.7. The Kier molecular flexibility index (Phi) is 5.91. The van der Waals surface area contributed by atoms with Crippen molar-refractivity contribution < 1.29 is 18.3 Å². The molecule has 23 heavy (non-hydrogen) atoms. The van der Waals surface area contributed by atoms with Crippen LogP contribution in [0.1, 0.15) is 5.56 Å². The SMILES string of the molecule is COc1ccc(CCNC(=O)CNc2c(F)cccc2F)cc1. The molecule has 0 aliphatic carbocycles. The van der Waals surface area contributed by atoms with Crippen LogP contribution in [0, 0.1) is 11.6 Å². The number of benzene rings is 2. The maximum absolute atomic E-state index is 13.4. The Hall–Kier alpha value is -2.63. The van der Waals surface area contributed by atoms with Crippen LogP contribution in [-0.4, -0.2) is 26.1 Å². The van der Waals surface area contributed by atoms with Crippen molar-refractivity contribution in [2.24, 2.45) is 0 Å². The number of methoxy groups -OCH3 is 1. The zero-order chi connectivity index (χ0) is 16.7. The van der Waals surface area contributed by atoms with E-state index in [9.17, 15) is 13.6 Å². The number of ether oxygens (including phenoxy) is 1. The van der Waals surface area contributed by atoms with Gasteiger partial charge in [-0.3, -0.25) is 4.79 Å². The summed E-state index contributed by atoms with van der Waals surface area (Å²) in [4.78, 5) is 11.7. The van der Waals surface area contributed by atoms with Crippen molar-refractivity contribution in [2.45, 2.75) is 6.42 Å². The fourth-order valence-electron chi connectivity index (χ4n) is 2.04. The lowest BCUT2D eigenvalue weighted by Gasteiger charge is -2.09. The van der Waals surface area contributed by atoms with Gasteiger partial charge in [0.05, 0.1) is 13.7 Å². The first-order valence-electron chi connectivity index (χ1n) is 7.17. The Morgan fingerprint density at radius 2 is 1.74 bits per heavy atom. The minimum absolute atomic E-state index is 0.194. The summed E-state index contributed by atoms with van der Waals surface area (Å²) in [5.41, 5.74) is 0.761. The summed E-state index contributed by atoms with van der Waals surface area (Å²) in [5, 5.41) is 5.16. The molecule has 0 unspecified atom stereocenters. The monoisotopic (exact) mass is 320 g/mol. The Labute approximate surface area is 133 Å². The molecule has 0 aliphatic rings. The lowest BCUT2D eigenvalue weighted by Crippen LogP contribution is -2.31. The highest BCUT2D eigenvalue weighted by atomic mass is 19.1. The van der Waals surface area contributed by atoms with Crippen LogP contribution in [0.25, 0.3) is 0 Å². The normalized spacial score (nSPS) is 10.2. The molecule has 122 valence electrons. The zero-order valence-corrected chi connectivity index (χ0v) is 12.7. The summed E-state index contributed by atoms with van der Waals surface area (Å²) in [7, 11) is 1.60. The van der Waals surface area contributed by atoms with Crippen molar-refractivity contribution in [3.05, 3.63) is 59.7 Å². The van der Waals surface area contributed by atoms with Gasteiger partial charge < -0.3 is 15.4 Å². The largest absolute Gasteiger partial charge is 0.497 e. The van der Waals surface area contributed by atoms with Gasteiger partial charge in [0.15, 0.2) is 0 Å². The summed E-state index contributed by atoms with van der Waals surface area (Å²) in [6.07, 6.45) is 0.657. The van der Waals surface area contributed by atoms with Gasteiger partial charge in [-0.1, -0.05) is 18.2 Å². The third kappa shape index (κ3) is 4.95. The molecule has 2 aromatic carbocycles. The predicted octanol–water partition coefficient (Wildman–Crippen LogP) is 2.74. The van der Waals surface area contributed by atoms with Crippen molar-refractivity contribution in [3.63, 3.8) is 0 Å². The molecule has 0 saturated heterocycles. The van der Waals surface area contributed by atoms with Crippen molar-refractivity contribution in [3.8, 4) is 5.75 Å². The fourth-order valence-corrected chi connectivity index (χ4v) is 2.04. The van der Waals surface area contributed by atoms with E-state index in [1.165, 1.54) is 6.07 Å². The molecular weight excluding hydrogens is 302 g/mol. The van der Waals surface area contributed by atoms with E-state index < -0.39 is 11.6 Å². The number of hydrogen-bond acceptors (Lipinski definition) is 3. The van der Waals surface area contributed by atoms with Gasteiger partial charge in [0.25, 0.3) is 0 Å². The maximum atomic E-state index is 13.4. The summed E-state index contributed by atoms with van der Waals surface area (Å²) >= 11 is 0. The smallest absolute Gasteiger partial charge is 0.239 e. The van der Waals surface area contributed by atoms with E-state index in [-0.39, 0.29) is 18.1 Å². The molecule has 2 aromatic rings. The molecule has 1 amide bonds. The molecule has 2 N–H and O–H groups in total. The number of hydrogen-bond donors (Lipinski definition) is 2. The Balaban J connectivity index is 1.74. The van der Waals surface area contributed by atoms with Crippen LogP contribution in [0.5, 0.6) is 5.75 Å². The van der Waals surface area contributed by atoms with E-state index >= 15 is 0 Å². The molecule has 0 bridgehead atoms. The van der Waals surface area contributed by atoms with E-state index in [0.717, 1.165) is 23.4 Å². The second-order valence-electron chi connectivity index (χ2n) is 4.90. The molecule has 0 fully saturated rings. The molecule has 0 saturated carbocycles. The summed E-state index contributed by atoms with van der Waals surface area (Å²) in [6, 6.07) is 11.1. The topological polar surface area (TPSA) is 50.4 Å². The van der Waals surface area contributed by atoms with Crippen molar-refractivity contribution >= 4 is 11.6 Å². The van der Waals surface area contributed by atoms with E-state index in [4.69, 9.17) is 4.74 Å². The van der Waals surface area contributed by atoms with Crippen LogP contribution < -0.4 is 15.4 Å². The first-order chi connectivity index (χ1) is 11.1. The van der Waals surface area contributed by atoms with Gasteiger partial charge in [-0.05, 0) is 36.2 Å². The molecular formula is C17H18F2N2O2. The second-order valence-corrected chi connectivity index (χ2v) is 4.90. The average molecular weight is 320 g/mol. The van der Waals surface area contributed by atoms with Gasteiger partial charge in [0.1, 0.15) is 23.1 Å². The highest BCUT2D eigenvalue weighted by molar-refractivity contribution is 5.80. The van der Waals surface area contributed by atoms with Gasteiger partial charge >= 0.3 is 0 Å². The predicted molar refractivity (Wildman–Crippen MR) is 84.6 cm³/mol. The number of anilines is 1. The number of carbonyl (C=O) groups excluding carboxylic acids is 1. The van der Waals surface area contributed by atoms with E-state index in [2.05, 4.69) is 10.6 Å². The molecule has 0 spiro atoms. The number of halogens is 2. The molecule has 0 aromatic heterocycles.